The predicted octanol–water partition coefficient (Wildman–Crippen LogP) is 1.01. The number of nitro groups is 1. The third kappa shape index (κ3) is 3.86. The van der Waals surface area contributed by atoms with Crippen LogP contribution in [0.25, 0.3) is 0 Å². The van der Waals surface area contributed by atoms with Gasteiger partial charge in [-0.05, 0) is 25.7 Å². The van der Waals surface area contributed by atoms with Gasteiger partial charge in [0.15, 0.2) is 0 Å². The summed E-state index contributed by atoms with van der Waals surface area (Å²) in [5, 5.41) is 17.0. The number of hydrogen-bond acceptors (Lipinski definition) is 4. The number of nitrogens with one attached hydrogen (secondary N) is 1. The maximum absolute atomic E-state index is 11.4. The molecule has 7 nitrogen and oxygen atoms in total. The summed E-state index contributed by atoms with van der Waals surface area (Å²) >= 11 is 0. The second-order valence-corrected chi connectivity index (χ2v) is 4.10. The van der Waals surface area contributed by atoms with E-state index in [1.807, 2.05) is 13.8 Å². The van der Waals surface area contributed by atoms with E-state index in [4.69, 9.17) is 0 Å². The molecule has 0 aliphatic heterocycles. The molecule has 0 aromatic carbocycles. The Morgan fingerprint density at radius 2 is 2.29 bits per heavy atom. The van der Waals surface area contributed by atoms with Gasteiger partial charge < -0.3 is 15.4 Å². The third-order valence-corrected chi connectivity index (χ3v) is 2.16. The van der Waals surface area contributed by atoms with Crippen LogP contribution in [-0.2, 0) is 11.3 Å². The number of aryl methyl sites for hydroxylation is 2. The van der Waals surface area contributed by atoms with Gasteiger partial charge >= 0.3 is 5.82 Å². The number of amides is 1. The quantitative estimate of drug-likeness (QED) is 0.614. The fraction of sp³-hybridized carbons (Fsp3) is 0.600. The Kier molecular flexibility index (Phi) is 4.19. The van der Waals surface area contributed by atoms with Crippen LogP contribution in [0.4, 0.5) is 5.82 Å². The normalized spacial score (nSPS) is 10.6. The Labute approximate surface area is 99.0 Å². The summed E-state index contributed by atoms with van der Waals surface area (Å²) in [7, 11) is 0. The molecule has 0 aliphatic carbocycles. The molecule has 0 spiro atoms. The van der Waals surface area contributed by atoms with Crippen molar-refractivity contribution in [2.45, 2.75) is 39.8 Å². The van der Waals surface area contributed by atoms with Crippen LogP contribution in [0.3, 0.4) is 0 Å². The van der Waals surface area contributed by atoms with Gasteiger partial charge in [-0.1, -0.05) is 0 Å². The Balaban J connectivity index is 2.57. The van der Waals surface area contributed by atoms with Crippen molar-refractivity contribution in [3.05, 3.63) is 21.9 Å². The molecule has 0 saturated carbocycles. The predicted molar refractivity (Wildman–Crippen MR) is 61.5 cm³/mol. The van der Waals surface area contributed by atoms with E-state index in [-0.39, 0.29) is 24.2 Å². The molecule has 17 heavy (non-hydrogen) atoms. The van der Waals surface area contributed by atoms with E-state index in [1.54, 1.807) is 6.92 Å². The molecule has 1 rings (SSSR count). The molecule has 1 heterocycles. The molecular weight excluding hydrogens is 224 g/mol. The molecule has 7 heteroatoms. The van der Waals surface area contributed by atoms with Crippen molar-refractivity contribution in [2.24, 2.45) is 0 Å². The molecule has 1 aromatic rings. The molecule has 94 valence electrons. The summed E-state index contributed by atoms with van der Waals surface area (Å²) in [5.41, 5.74) is 0.675. The first-order valence-electron chi connectivity index (χ1n) is 5.38. The van der Waals surface area contributed by atoms with Crippen LogP contribution in [0.5, 0.6) is 0 Å². The minimum atomic E-state index is -0.544. The van der Waals surface area contributed by atoms with E-state index < -0.39 is 4.92 Å². The third-order valence-electron chi connectivity index (χ3n) is 2.16. The Hall–Kier alpha value is -1.92. The van der Waals surface area contributed by atoms with Crippen LogP contribution < -0.4 is 5.32 Å². The van der Waals surface area contributed by atoms with Crippen molar-refractivity contribution in [3.63, 3.8) is 0 Å². The summed E-state index contributed by atoms with van der Waals surface area (Å²) in [6.07, 6.45) is 0.262. The SMILES string of the molecule is Cc1cc([N+](=O)[O-])nn1CCC(=O)NC(C)C. The molecule has 1 N–H and O–H groups in total. The molecule has 0 atom stereocenters. The van der Waals surface area contributed by atoms with Crippen LogP contribution in [0.1, 0.15) is 26.0 Å². The van der Waals surface area contributed by atoms with E-state index >= 15 is 0 Å². The first-order chi connectivity index (χ1) is 7.90. The fourth-order valence-electron chi connectivity index (χ4n) is 1.41. The number of aromatic nitrogens is 2. The van der Waals surface area contributed by atoms with Crippen molar-refractivity contribution in [1.82, 2.24) is 15.1 Å². The number of hydrogen-bond donors (Lipinski definition) is 1. The Bertz CT molecular complexity index is 425. The lowest BCUT2D eigenvalue weighted by Crippen LogP contribution is -2.30. The standard InChI is InChI=1S/C10H16N4O3/c1-7(2)11-10(15)4-5-13-8(3)6-9(12-13)14(16)17/h6-7H,4-5H2,1-3H3,(H,11,15). The minimum Gasteiger partial charge on any atom is -0.358 e. The summed E-state index contributed by atoms with van der Waals surface area (Å²) in [6, 6.07) is 1.48. The van der Waals surface area contributed by atoms with Crippen molar-refractivity contribution in [3.8, 4) is 0 Å². The molecule has 0 saturated heterocycles. The lowest BCUT2D eigenvalue weighted by atomic mass is 10.3. The zero-order chi connectivity index (χ0) is 13.0. The van der Waals surface area contributed by atoms with Crippen molar-refractivity contribution in [1.29, 1.82) is 0 Å². The largest absolute Gasteiger partial charge is 0.390 e. The molecule has 0 unspecified atom stereocenters. The van der Waals surface area contributed by atoms with Crippen LogP contribution in [0, 0.1) is 17.0 Å². The number of rotatable bonds is 5. The van der Waals surface area contributed by atoms with Crippen LogP contribution in [-0.4, -0.2) is 26.7 Å². The van der Waals surface area contributed by atoms with Gasteiger partial charge in [-0.3, -0.25) is 4.79 Å². The summed E-state index contributed by atoms with van der Waals surface area (Å²) in [4.78, 5) is 21.3. The van der Waals surface area contributed by atoms with E-state index in [0.29, 0.717) is 12.2 Å². The van der Waals surface area contributed by atoms with E-state index in [1.165, 1.54) is 10.7 Å². The summed E-state index contributed by atoms with van der Waals surface area (Å²) in [5.74, 6) is -0.274. The van der Waals surface area contributed by atoms with Gasteiger partial charge in [0, 0.05) is 12.5 Å². The fourth-order valence-corrected chi connectivity index (χ4v) is 1.41. The first kappa shape index (κ1) is 13.1. The Morgan fingerprint density at radius 1 is 1.65 bits per heavy atom. The zero-order valence-electron chi connectivity index (χ0n) is 10.1. The molecule has 0 fully saturated rings. The highest BCUT2D eigenvalue weighted by molar-refractivity contribution is 5.76. The first-order valence-corrected chi connectivity index (χ1v) is 5.38. The van der Waals surface area contributed by atoms with Crippen molar-refractivity contribution >= 4 is 11.7 Å². The lowest BCUT2D eigenvalue weighted by Gasteiger charge is -2.07. The second kappa shape index (κ2) is 5.42. The average molecular weight is 240 g/mol. The zero-order valence-corrected chi connectivity index (χ0v) is 10.1. The molecular formula is C10H16N4O3. The molecule has 1 amide bonds. The van der Waals surface area contributed by atoms with Gasteiger partial charge in [-0.2, -0.15) is 4.68 Å². The highest BCUT2D eigenvalue weighted by Crippen LogP contribution is 2.11. The van der Waals surface area contributed by atoms with Gasteiger partial charge in [-0.25, -0.2) is 0 Å². The maximum atomic E-state index is 11.4. The Morgan fingerprint density at radius 3 is 2.76 bits per heavy atom. The van der Waals surface area contributed by atoms with Crippen LogP contribution >= 0.6 is 0 Å². The maximum Gasteiger partial charge on any atom is 0.390 e. The summed E-state index contributed by atoms with van der Waals surface area (Å²) in [6.45, 7) is 5.82. The van der Waals surface area contributed by atoms with Crippen molar-refractivity contribution < 1.29 is 9.72 Å². The van der Waals surface area contributed by atoms with E-state index in [2.05, 4.69) is 10.4 Å². The lowest BCUT2D eigenvalue weighted by molar-refractivity contribution is -0.389. The van der Waals surface area contributed by atoms with E-state index in [0.717, 1.165) is 0 Å². The number of carbonyl (C=O) groups is 1. The van der Waals surface area contributed by atoms with Crippen molar-refractivity contribution in [2.75, 3.05) is 0 Å². The van der Waals surface area contributed by atoms with Gasteiger partial charge in [0.1, 0.15) is 0 Å². The monoisotopic (exact) mass is 240 g/mol. The highest BCUT2D eigenvalue weighted by atomic mass is 16.6. The van der Waals surface area contributed by atoms with Gasteiger partial charge in [-0.15, -0.1) is 0 Å². The minimum absolute atomic E-state index is 0.0856. The van der Waals surface area contributed by atoms with Crippen LogP contribution in [0.15, 0.2) is 6.07 Å². The van der Waals surface area contributed by atoms with E-state index in [9.17, 15) is 14.9 Å². The number of carbonyl (C=O) groups excluding carboxylic acids is 1. The van der Waals surface area contributed by atoms with Crippen LogP contribution in [0.2, 0.25) is 0 Å². The van der Waals surface area contributed by atoms with Gasteiger partial charge in [0.25, 0.3) is 0 Å². The molecule has 1 aromatic heterocycles. The summed E-state index contributed by atoms with van der Waals surface area (Å²) < 4.78 is 1.47. The second-order valence-electron chi connectivity index (χ2n) is 4.10. The molecule has 0 bridgehead atoms. The average Bonchev–Trinajstić information content (AvgIpc) is 2.56. The highest BCUT2D eigenvalue weighted by Gasteiger charge is 2.15. The number of nitrogens with zero attached hydrogens (tertiary/aromatic N) is 3. The molecule has 0 aliphatic rings. The molecule has 0 radical (unpaired) electrons. The van der Waals surface area contributed by atoms with Gasteiger partial charge in [0.05, 0.1) is 23.4 Å². The smallest absolute Gasteiger partial charge is 0.358 e. The van der Waals surface area contributed by atoms with Gasteiger partial charge in [0.2, 0.25) is 5.91 Å². The topological polar surface area (TPSA) is 90.1 Å².